The molecule has 0 unspecified atom stereocenters. The van der Waals surface area contributed by atoms with Crippen molar-refractivity contribution in [3.05, 3.63) is 83.6 Å². The summed E-state index contributed by atoms with van der Waals surface area (Å²) < 4.78 is 0. The molecule has 4 heterocycles. The molecule has 3 aromatic heterocycles. The zero-order chi connectivity index (χ0) is 23.6. The number of nitrogens with one attached hydrogen (secondary N) is 2. The van der Waals surface area contributed by atoms with Crippen LogP contribution in [0, 0.1) is 0 Å². The number of carbonyl (C=O) groups excluding carboxylic acids is 1. The second kappa shape index (κ2) is 10.2. The molecule has 1 saturated heterocycles. The summed E-state index contributed by atoms with van der Waals surface area (Å²) >= 11 is 1.44. The van der Waals surface area contributed by atoms with E-state index >= 15 is 0 Å². The number of aromatic amines is 1. The van der Waals surface area contributed by atoms with Crippen LogP contribution in [0.1, 0.15) is 17.1 Å². The van der Waals surface area contributed by atoms with Crippen molar-refractivity contribution in [1.29, 1.82) is 0 Å². The van der Waals surface area contributed by atoms with Gasteiger partial charge in [-0.25, -0.2) is 9.97 Å². The van der Waals surface area contributed by atoms with Gasteiger partial charge in [0, 0.05) is 54.7 Å². The molecule has 0 bridgehead atoms. The van der Waals surface area contributed by atoms with Crippen LogP contribution in [0.5, 0.6) is 0 Å². The average Bonchev–Trinajstić information content (AvgIpc) is 3.64. The molecule has 1 amide bonds. The first kappa shape index (κ1) is 23.5. The molecule has 0 atom stereocenters. The second-order valence-electron chi connectivity index (χ2n) is 8.37. The fourth-order valence-electron chi connectivity index (χ4n) is 4.44. The number of H-pyrrole nitrogens is 1. The lowest BCUT2D eigenvalue weighted by Crippen LogP contribution is -2.47. The van der Waals surface area contributed by atoms with E-state index in [0.29, 0.717) is 4.88 Å². The standard InChI is InChI=1S/C26H23N7OS.CH4/c34-26(24-5-2-12-35-24)31-20-3-1-4-21(14-20)32-8-10-33(11-9-32)25-22-13-18(19-15-29-30-16-19)6-7-23(22)27-17-28-25;/h1-7,12-17H,8-11H2,(H,29,30)(H,31,34);1H4. The van der Waals surface area contributed by atoms with Crippen molar-refractivity contribution in [2.75, 3.05) is 41.3 Å². The molecule has 5 aromatic rings. The molecule has 8 nitrogen and oxygen atoms in total. The topological polar surface area (TPSA) is 90.0 Å². The number of fused-ring (bicyclic) bond motifs is 1. The maximum Gasteiger partial charge on any atom is 0.265 e. The average molecular weight is 498 g/mol. The van der Waals surface area contributed by atoms with Gasteiger partial charge in [-0.1, -0.05) is 25.6 Å². The van der Waals surface area contributed by atoms with E-state index in [9.17, 15) is 4.79 Å². The molecule has 9 heteroatoms. The van der Waals surface area contributed by atoms with Crippen molar-refractivity contribution in [2.24, 2.45) is 0 Å². The van der Waals surface area contributed by atoms with Gasteiger partial charge in [-0.15, -0.1) is 11.3 Å². The Hall–Kier alpha value is -4.24. The molecule has 0 radical (unpaired) electrons. The van der Waals surface area contributed by atoms with Gasteiger partial charge in [0.05, 0.1) is 16.6 Å². The molecule has 1 aliphatic rings. The maximum atomic E-state index is 12.4. The van der Waals surface area contributed by atoms with Gasteiger partial charge >= 0.3 is 0 Å². The summed E-state index contributed by atoms with van der Waals surface area (Å²) in [6, 6.07) is 18.0. The molecular formula is C27H27N7OS. The van der Waals surface area contributed by atoms with Gasteiger partial charge in [-0.2, -0.15) is 5.10 Å². The fraction of sp³-hybridized carbons (Fsp3) is 0.185. The summed E-state index contributed by atoms with van der Waals surface area (Å²) in [4.78, 5) is 26.9. The fourth-order valence-corrected chi connectivity index (χ4v) is 5.06. The summed E-state index contributed by atoms with van der Waals surface area (Å²) in [6.07, 6.45) is 5.35. The van der Waals surface area contributed by atoms with Gasteiger partial charge in [-0.3, -0.25) is 9.89 Å². The van der Waals surface area contributed by atoms with E-state index in [4.69, 9.17) is 0 Å². The Morgan fingerprint density at radius 3 is 2.58 bits per heavy atom. The smallest absolute Gasteiger partial charge is 0.265 e. The minimum atomic E-state index is -0.0765. The van der Waals surface area contributed by atoms with Crippen LogP contribution in [-0.2, 0) is 0 Å². The number of thiophene rings is 1. The molecule has 2 N–H and O–H groups in total. The van der Waals surface area contributed by atoms with Crippen LogP contribution < -0.4 is 15.1 Å². The number of aromatic nitrogens is 4. The molecule has 1 fully saturated rings. The zero-order valence-corrected chi connectivity index (χ0v) is 19.7. The molecule has 0 aliphatic carbocycles. The highest BCUT2D eigenvalue weighted by atomic mass is 32.1. The van der Waals surface area contributed by atoms with Crippen LogP contribution >= 0.6 is 11.3 Å². The van der Waals surface area contributed by atoms with Crippen molar-refractivity contribution < 1.29 is 4.79 Å². The minimum Gasteiger partial charge on any atom is -0.368 e. The number of hydrogen-bond donors (Lipinski definition) is 2. The highest BCUT2D eigenvalue weighted by Crippen LogP contribution is 2.30. The first-order valence-corrected chi connectivity index (χ1v) is 12.3. The van der Waals surface area contributed by atoms with E-state index in [1.807, 2.05) is 54.2 Å². The molecular weight excluding hydrogens is 470 g/mol. The molecule has 2 aromatic carbocycles. The van der Waals surface area contributed by atoms with E-state index in [-0.39, 0.29) is 13.3 Å². The summed E-state index contributed by atoms with van der Waals surface area (Å²) in [7, 11) is 0. The van der Waals surface area contributed by atoms with Gasteiger partial charge in [0.2, 0.25) is 0 Å². The highest BCUT2D eigenvalue weighted by molar-refractivity contribution is 7.12. The van der Waals surface area contributed by atoms with E-state index in [1.54, 1.807) is 6.33 Å². The van der Waals surface area contributed by atoms with Gasteiger partial charge in [0.15, 0.2) is 0 Å². The van der Waals surface area contributed by atoms with Crippen LogP contribution in [0.4, 0.5) is 17.2 Å². The highest BCUT2D eigenvalue weighted by Gasteiger charge is 2.21. The van der Waals surface area contributed by atoms with Crippen LogP contribution in [0.2, 0.25) is 0 Å². The third-order valence-electron chi connectivity index (χ3n) is 6.24. The number of carbonyl (C=O) groups is 1. The molecule has 6 rings (SSSR count). The van der Waals surface area contributed by atoms with E-state index in [0.717, 1.165) is 65.4 Å². The van der Waals surface area contributed by atoms with Gasteiger partial charge in [0.1, 0.15) is 12.1 Å². The van der Waals surface area contributed by atoms with E-state index in [1.165, 1.54) is 11.3 Å². The Kier molecular flexibility index (Phi) is 6.64. The third kappa shape index (κ3) is 4.65. The molecule has 36 heavy (non-hydrogen) atoms. The van der Waals surface area contributed by atoms with Crippen LogP contribution in [-0.4, -0.2) is 52.3 Å². The van der Waals surface area contributed by atoms with Crippen molar-refractivity contribution >= 4 is 45.3 Å². The van der Waals surface area contributed by atoms with Crippen molar-refractivity contribution in [3.8, 4) is 11.1 Å². The SMILES string of the molecule is C.O=C(Nc1cccc(N2CCN(c3ncnc4ccc(-c5cn[nH]c5)cc34)CC2)c1)c1cccs1. The minimum absolute atomic E-state index is 0. The Labute approximate surface area is 213 Å². The first-order valence-electron chi connectivity index (χ1n) is 11.4. The number of anilines is 3. The largest absolute Gasteiger partial charge is 0.368 e. The summed E-state index contributed by atoms with van der Waals surface area (Å²) in [5, 5.41) is 12.9. The predicted octanol–water partition coefficient (Wildman–Crippen LogP) is 5.30. The Morgan fingerprint density at radius 2 is 1.81 bits per heavy atom. The second-order valence-corrected chi connectivity index (χ2v) is 9.32. The number of nitrogens with zero attached hydrogens (tertiary/aromatic N) is 5. The van der Waals surface area contributed by atoms with Crippen LogP contribution in [0.15, 0.2) is 78.7 Å². The first-order chi connectivity index (χ1) is 17.2. The van der Waals surface area contributed by atoms with Crippen LogP contribution in [0.25, 0.3) is 22.0 Å². The molecule has 182 valence electrons. The van der Waals surface area contributed by atoms with Gasteiger partial charge in [0.25, 0.3) is 5.91 Å². The Morgan fingerprint density at radius 1 is 0.944 bits per heavy atom. The lowest BCUT2D eigenvalue weighted by Gasteiger charge is -2.37. The quantitative estimate of drug-likeness (QED) is 0.343. The Balaban J connectivity index is 0.00000267. The maximum absolute atomic E-state index is 12.4. The molecule has 0 saturated carbocycles. The van der Waals surface area contributed by atoms with Crippen LogP contribution in [0.3, 0.4) is 0 Å². The summed E-state index contributed by atoms with van der Waals surface area (Å²) in [6.45, 7) is 3.39. The van der Waals surface area contributed by atoms with Crippen molar-refractivity contribution in [3.63, 3.8) is 0 Å². The van der Waals surface area contributed by atoms with Gasteiger partial charge in [-0.05, 0) is 47.3 Å². The third-order valence-corrected chi connectivity index (χ3v) is 7.11. The number of piperazine rings is 1. The lowest BCUT2D eigenvalue weighted by atomic mass is 10.1. The van der Waals surface area contributed by atoms with Crippen molar-refractivity contribution in [1.82, 2.24) is 20.2 Å². The number of amides is 1. The number of rotatable bonds is 5. The Bertz CT molecular complexity index is 1460. The number of hydrogen-bond acceptors (Lipinski definition) is 7. The molecule has 0 spiro atoms. The van der Waals surface area contributed by atoms with Crippen molar-refractivity contribution in [2.45, 2.75) is 7.43 Å². The zero-order valence-electron chi connectivity index (χ0n) is 18.9. The van der Waals surface area contributed by atoms with E-state index < -0.39 is 0 Å². The summed E-state index contributed by atoms with van der Waals surface area (Å²) in [5.74, 6) is 0.879. The molecule has 1 aliphatic heterocycles. The predicted molar refractivity (Wildman–Crippen MR) is 147 cm³/mol. The number of benzene rings is 2. The van der Waals surface area contributed by atoms with E-state index in [2.05, 4.69) is 53.5 Å². The van der Waals surface area contributed by atoms with Gasteiger partial charge < -0.3 is 15.1 Å². The normalized spacial score (nSPS) is 13.4. The summed E-state index contributed by atoms with van der Waals surface area (Å²) in [5.41, 5.74) is 4.96. The monoisotopic (exact) mass is 497 g/mol. The lowest BCUT2D eigenvalue weighted by molar-refractivity contribution is 0.103.